The molecule has 8 heteroatoms. The van der Waals surface area contributed by atoms with Crippen LogP contribution >= 0.6 is 0 Å². The van der Waals surface area contributed by atoms with Gasteiger partial charge in [0.2, 0.25) is 0 Å². The number of carbonyl (C=O) groups excluding carboxylic acids is 3. The summed E-state index contributed by atoms with van der Waals surface area (Å²) in [5.41, 5.74) is 0.893. The molecule has 0 spiro atoms. The maximum absolute atomic E-state index is 13.3. The van der Waals surface area contributed by atoms with E-state index in [1.54, 1.807) is 55.6 Å². The van der Waals surface area contributed by atoms with Crippen LogP contribution in [0.3, 0.4) is 0 Å². The molecule has 2 rings (SSSR count). The second-order valence-electron chi connectivity index (χ2n) is 9.77. The summed E-state index contributed by atoms with van der Waals surface area (Å²) in [5, 5.41) is 12.8. The lowest BCUT2D eigenvalue weighted by molar-refractivity contribution is -0.137. The Labute approximate surface area is 224 Å². The summed E-state index contributed by atoms with van der Waals surface area (Å²) in [4.78, 5) is 50.2. The van der Waals surface area contributed by atoms with E-state index in [2.05, 4.69) is 19.2 Å². The van der Waals surface area contributed by atoms with Gasteiger partial charge in [-0.2, -0.15) is 0 Å². The van der Waals surface area contributed by atoms with Gasteiger partial charge in [0.15, 0.2) is 11.6 Å². The number of Topliss-reactive ketones (excluding diaryl/α,β-unsaturated/α-hetero) is 2. The molecule has 0 amide bonds. The maximum Gasteiger partial charge on any atom is 0.330 e. The van der Waals surface area contributed by atoms with Crippen molar-refractivity contribution < 1.29 is 24.2 Å². The number of phenols is 1. The summed E-state index contributed by atoms with van der Waals surface area (Å²) >= 11 is 0. The van der Waals surface area contributed by atoms with Crippen molar-refractivity contribution in [1.29, 1.82) is 0 Å². The second kappa shape index (κ2) is 16.3. The zero-order valence-electron chi connectivity index (χ0n) is 22.7. The smallest absolute Gasteiger partial charge is 0.330 e. The fraction of sp³-hybridized carbons (Fsp3) is 0.467. The number of aromatic hydroxyl groups is 1. The number of ketones is 2. The number of carbonyl (C=O) groups is 3. The number of ether oxygens (including phenoxy) is 1. The number of nitrogens with one attached hydrogen (secondary N) is 1. The number of aromatic nitrogens is 1. The highest BCUT2D eigenvalue weighted by Gasteiger charge is 2.20. The first-order valence-corrected chi connectivity index (χ1v) is 13.3. The highest BCUT2D eigenvalue weighted by molar-refractivity contribution is 5.86. The molecule has 2 aromatic rings. The molecule has 38 heavy (non-hydrogen) atoms. The third kappa shape index (κ3) is 11.3. The Bertz CT molecular complexity index is 1130. The molecule has 1 aromatic heterocycles. The lowest BCUT2D eigenvalue weighted by Crippen LogP contribution is -2.38. The van der Waals surface area contributed by atoms with Crippen molar-refractivity contribution in [3.63, 3.8) is 0 Å². The predicted octanol–water partition coefficient (Wildman–Crippen LogP) is 4.12. The lowest BCUT2D eigenvalue weighted by Gasteiger charge is -2.17. The molecule has 1 heterocycles. The number of pyridine rings is 1. The molecule has 206 valence electrons. The summed E-state index contributed by atoms with van der Waals surface area (Å²) in [5.74, 6) is 0.0841. The van der Waals surface area contributed by atoms with Gasteiger partial charge in [0, 0.05) is 37.2 Å². The SMILES string of the molecule is CCOC(=O)/C=C/CC[C@H](NCc1ccc(O)cc1)C(=O)Cc1cccn(CC(=O)CCCC(C)C)c1=O. The molecule has 0 saturated carbocycles. The van der Waals surface area contributed by atoms with Crippen LogP contribution in [0.1, 0.15) is 64.0 Å². The van der Waals surface area contributed by atoms with E-state index in [4.69, 9.17) is 4.74 Å². The van der Waals surface area contributed by atoms with Gasteiger partial charge in [-0.1, -0.05) is 44.5 Å². The van der Waals surface area contributed by atoms with Crippen LogP contribution in [-0.2, 0) is 38.6 Å². The first-order valence-electron chi connectivity index (χ1n) is 13.3. The lowest BCUT2D eigenvalue weighted by atomic mass is 10.00. The summed E-state index contributed by atoms with van der Waals surface area (Å²) in [6.07, 6.45) is 7.58. The predicted molar refractivity (Wildman–Crippen MR) is 147 cm³/mol. The van der Waals surface area contributed by atoms with Crippen LogP contribution in [0.5, 0.6) is 5.75 Å². The minimum atomic E-state index is -0.568. The van der Waals surface area contributed by atoms with E-state index in [9.17, 15) is 24.3 Å². The van der Waals surface area contributed by atoms with Crippen molar-refractivity contribution in [1.82, 2.24) is 9.88 Å². The number of nitrogens with zero attached hydrogens (tertiary/aromatic N) is 1. The molecule has 0 radical (unpaired) electrons. The molecule has 0 aliphatic carbocycles. The molecule has 0 saturated heterocycles. The quantitative estimate of drug-likeness (QED) is 0.236. The monoisotopic (exact) mass is 524 g/mol. The van der Waals surface area contributed by atoms with E-state index in [0.29, 0.717) is 37.3 Å². The normalized spacial score (nSPS) is 12.1. The molecular formula is C30H40N2O6. The minimum Gasteiger partial charge on any atom is -0.508 e. The Morgan fingerprint density at radius 3 is 2.53 bits per heavy atom. The van der Waals surface area contributed by atoms with Gasteiger partial charge >= 0.3 is 5.97 Å². The van der Waals surface area contributed by atoms with Gasteiger partial charge in [-0.3, -0.25) is 14.4 Å². The topological polar surface area (TPSA) is 115 Å². The van der Waals surface area contributed by atoms with Crippen LogP contribution < -0.4 is 10.9 Å². The number of rotatable bonds is 17. The largest absolute Gasteiger partial charge is 0.508 e. The highest BCUT2D eigenvalue weighted by Crippen LogP contribution is 2.12. The van der Waals surface area contributed by atoms with Crippen LogP contribution in [0.25, 0.3) is 0 Å². The van der Waals surface area contributed by atoms with Gasteiger partial charge in [0.25, 0.3) is 5.56 Å². The molecule has 1 aromatic carbocycles. The van der Waals surface area contributed by atoms with E-state index >= 15 is 0 Å². The molecule has 0 fully saturated rings. The van der Waals surface area contributed by atoms with Crippen molar-refractivity contribution in [2.75, 3.05) is 6.61 Å². The molecule has 0 aliphatic rings. The zero-order valence-corrected chi connectivity index (χ0v) is 22.7. The van der Waals surface area contributed by atoms with E-state index in [0.717, 1.165) is 18.4 Å². The van der Waals surface area contributed by atoms with Crippen molar-refractivity contribution in [3.05, 3.63) is 76.2 Å². The van der Waals surface area contributed by atoms with Gasteiger partial charge in [0.1, 0.15) is 5.75 Å². The first kappa shape index (κ1) is 30.7. The Morgan fingerprint density at radius 1 is 1.11 bits per heavy atom. The van der Waals surface area contributed by atoms with Crippen LogP contribution in [0, 0.1) is 5.92 Å². The maximum atomic E-state index is 13.3. The highest BCUT2D eigenvalue weighted by atomic mass is 16.5. The molecule has 0 aliphatic heterocycles. The zero-order chi connectivity index (χ0) is 27.9. The molecule has 0 bridgehead atoms. The number of allylic oxidation sites excluding steroid dienone is 1. The standard InChI is InChI=1S/C30H40N2O6/c1-4-38-29(36)13-6-5-12-27(31-20-23-14-16-25(33)17-15-23)28(35)19-24-10-8-18-32(30(24)37)21-26(34)11-7-9-22(2)3/h6,8,10,13-18,22,27,31,33H,4-5,7,9,11-12,19-21H2,1-3H3/b13-6+/t27-/m0/s1. The fourth-order valence-electron chi connectivity index (χ4n) is 4.00. The van der Waals surface area contributed by atoms with E-state index in [-0.39, 0.29) is 42.4 Å². The first-order chi connectivity index (χ1) is 18.2. The van der Waals surface area contributed by atoms with E-state index in [1.165, 1.54) is 10.6 Å². The summed E-state index contributed by atoms with van der Waals surface area (Å²) in [7, 11) is 0. The number of phenolic OH excluding ortho intramolecular Hbond substituents is 1. The van der Waals surface area contributed by atoms with E-state index in [1.807, 2.05) is 0 Å². The van der Waals surface area contributed by atoms with Crippen LogP contribution in [-0.4, -0.2) is 39.9 Å². The van der Waals surface area contributed by atoms with Crippen molar-refractivity contribution in [2.45, 2.75) is 78.4 Å². The van der Waals surface area contributed by atoms with Gasteiger partial charge in [-0.05, 0) is 55.9 Å². The molecule has 1 atom stereocenters. The molecule has 0 unspecified atom stereocenters. The number of esters is 1. The van der Waals surface area contributed by atoms with Crippen LogP contribution in [0.2, 0.25) is 0 Å². The van der Waals surface area contributed by atoms with Crippen molar-refractivity contribution >= 4 is 17.5 Å². The van der Waals surface area contributed by atoms with Gasteiger partial charge < -0.3 is 19.7 Å². The van der Waals surface area contributed by atoms with Crippen LogP contribution in [0.4, 0.5) is 0 Å². The van der Waals surface area contributed by atoms with Gasteiger partial charge in [0.05, 0.1) is 19.2 Å². The van der Waals surface area contributed by atoms with Gasteiger partial charge in [-0.25, -0.2) is 4.79 Å². The minimum absolute atomic E-state index is 0.000143. The Hall–Kier alpha value is -3.52. The van der Waals surface area contributed by atoms with Crippen molar-refractivity contribution in [3.8, 4) is 5.75 Å². The third-order valence-corrected chi connectivity index (χ3v) is 6.09. The van der Waals surface area contributed by atoms with E-state index < -0.39 is 12.0 Å². The Balaban J connectivity index is 2.07. The fourth-order valence-corrected chi connectivity index (χ4v) is 4.00. The average Bonchev–Trinajstić information content (AvgIpc) is 2.87. The number of hydrogen-bond donors (Lipinski definition) is 2. The third-order valence-electron chi connectivity index (χ3n) is 6.09. The second-order valence-corrected chi connectivity index (χ2v) is 9.77. The Morgan fingerprint density at radius 2 is 1.84 bits per heavy atom. The summed E-state index contributed by atoms with van der Waals surface area (Å²) < 4.78 is 6.26. The number of benzene rings is 1. The summed E-state index contributed by atoms with van der Waals surface area (Å²) in [6, 6.07) is 9.42. The Kier molecular flexibility index (Phi) is 13.2. The molecular weight excluding hydrogens is 484 g/mol. The average molecular weight is 525 g/mol. The van der Waals surface area contributed by atoms with Crippen LogP contribution in [0.15, 0.2) is 59.5 Å². The molecule has 2 N–H and O–H groups in total. The van der Waals surface area contributed by atoms with Gasteiger partial charge in [-0.15, -0.1) is 0 Å². The van der Waals surface area contributed by atoms with Crippen molar-refractivity contribution in [2.24, 2.45) is 5.92 Å². The number of hydrogen-bond acceptors (Lipinski definition) is 7. The molecule has 8 nitrogen and oxygen atoms in total. The summed E-state index contributed by atoms with van der Waals surface area (Å²) in [6.45, 7) is 6.63.